The number of benzene rings is 1. The summed E-state index contributed by atoms with van der Waals surface area (Å²) in [5.41, 5.74) is 1.95. The Morgan fingerprint density at radius 1 is 0.966 bits per heavy atom. The van der Waals surface area contributed by atoms with Gasteiger partial charge in [0.25, 0.3) is 0 Å². The molecule has 1 aromatic carbocycles. The molecule has 4 rings (SSSR count). The van der Waals surface area contributed by atoms with Crippen molar-refractivity contribution in [2.24, 2.45) is 23.7 Å². The first-order chi connectivity index (χ1) is 13.7. The van der Waals surface area contributed by atoms with E-state index < -0.39 is 27.8 Å². The first-order valence-corrected chi connectivity index (χ1v) is 11.4. The van der Waals surface area contributed by atoms with Crippen LogP contribution in [-0.2, 0) is 19.6 Å². The van der Waals surface area contributed by atoms with E-state index in [9.17, 15) is 23.1 Å². The van der Waals surface area contributed by atoms with Gasteiger partial charge in [0.15, 0.2) is 0 Å². The monoisotopic (exact) mass is 418 g/mol. The van der Waals surface area contributed by atoms with E-state index in [1.54, 1.807) is 23.1 Å². The largest absolute Gasteiger partial charge is 0.481 e. The highest BCUT2D eigenvalue weighted by molar-refractivity contribution is 7.89. The minimum Gasteiger partial charge on any atom is -0.481 e. The number of aliphatic carboxylic acids is 1. The van der Waals surface area contributed by atoms with Gasteiger partial charge in [0.05, 0.1) is 16.7 Å². The Bertz CT molecular complexity index is 979. The Hall–Kier alpha value is -2.19. The number of sulfonamides is 1. The predicted molar refractivity (Wildman–Crippen MR) is 107 cm³/mol. The Labute approximate surface area is 171 Å². The molecule has 1 N–H and O–H groups in total. The second-order valence-electron chi connectivity index (χ2n) is 8.31. The number of allylic oxidation sites excluding steroid dienone is 2. The van der Waals surface area contributed by atoms with Gasteiger partial charge in [0, 0.05) is 26.2 Å². The molecule has 4 atom stereocenters. The fourth-order valence-electron chi connectivity index (χ4n) is 4.88. The van der Waals surface area contributed by atoms with Crippen molar-refractivity contribution < 1.29 is 23.1 Å². The molecule has 8 heteroatoms. The third-order valence-corrected chi connectivity index (χ3v) is 8.59. The van der Waals surface area contributed by atoms with Crippen LogP contribution in [0.4, 0.5) is 0 Å². The summed E-state index contributed by atoms with van der Waals surface area (Å²) in [7, 11) is -3.61. The second-order valence-corrected chi connectivity index (χ2v) is 10.3. The highest BCUT2D eigenvalue weighted by atomic mass is 32.2. The number of carbonyl (C=O) groups is 2. The number of carbonyl (C=O) groups excluding carboxylic acids is 1. The molecule has 1 aliphatic heterocycles. The summed E-state index contributed by atoms with van der Waals surface area (Å²) in [6.07, 6.45) is 4.60. The van der Waals surface area contributed by atoms with E-state index in [2.05, 4.69) is 0 Å². The number of piperazine rings is 1. The van der Waals surface area contributed by atoms with Crippen molar-refractivity contribution in [3.8, 4) is 0 Å². The number of nitrogens with zero attached hydrogens (tertiary/aromatic N) is 2. The Balaban J connectivity index is 1.45. The van der Waals surface area contributed by atoms with Crippen LogP contribution in [0.15, 0.2) is 35.2 Å². The van der Waals surface area contributed by atoms with Crippen molar-refractivity contribution in [3.63, 3.8) is 0 Å². The lowest BCUT2D eigenvalue weighted by molar-refractivity contribution is -0.151. The van der Waals surface area contributed by atoms with E-state index in [4.69, 9.17) is 0 Å². The van der Waals surface area contributed by atoms with Crippen LogP contribution in [-0.4, -0.2) is 60.8 Å². The molecule has 1 amide bonds. The van der Waals surface area contributed by atoms with Crippen molar-refractivity contribution in [2.75, 3.05) is 26.2 Å². The summed E-state index contributed by atoms with van der Waals surface area (Å²) in [5.74, 6) is -2.38. The number of hydrogen-bond donors (Lipinski definition) is 1. The van der Waals surface area contributed by atoms with E-state index in [-0.39, 0.29) is 48.8 Å². The summed E-state index contributed by atoms with van der Waals surface area (Å²) in [6.45, 7) is 4.82. The molecular weight excluding hydrogens is 392 g/mol. The average Bonchev–Trinajstić information content (AvgIpc) is 3.31. The van der Waals surface area contributed by atoms with Gasteiger partial charge in [-0.2, -0.15) is 4.31 Å². The van der Waals surface area contributed by atoms with Gasteiger partial charge < -0.3 is 10.0 Å². The minimum atomic E-state index is -3.61. The van der Waals surface area contributed by atoms with E-state index >= 15 is 0 Å². The first-order valence-electron chi connectivity index (χ1n) is 9.97. The van der Waals surface area contributed by atoms with E-state index in [1.165, 1.54) is 4.31 Å². The highest BCUT2D eigenvalue weighted by Crippen LogP contribution is 2.48. The van der Waals surface area contributed by atoms with Gasteiger partial charge >= 0.3 is 5.97 Å². The van der Waals surface area contributed by atoms with Gasteiger partial charge in [0.2, 0.25) is 15.9 Å². The lowest BCUT2D eigenvalue weighted by Crippen LogP contribution is -2.53. The standard InChI is InChI=1S/C21H26N2O5S/c1-13-3-6-17(11-14(13)2)29(27,28)23-9-7-22(8-10-23)20(24)18-15-4-5-16(12-15)19(18)21(25)26/h3-6,11,15-16,18-19H,7-10,12H2,1-2H3,(H,25,26)/t15-,16-,18-,19+/m1/s1. The Morgan fingerprint density at radius 3 is 2.17 bits per heavy atom. The fourth-order valence-corrected chi connectivity index (χ4v) is 6.39. The van der Waals surface area contributed by atoms with Crippen LogP contribution in [0.5, 0.6) is 0 Å². The lowest BCUT2D eigenvalue weighted by Gasteiger charge is -2.37. The van der Waals surface area contributed by atoms with Gasteiger partial charge in [-0.05, 0) is 55.4 Å². The molecule has 3 aliphatic rings. The SMILES string of the molecule is Cc1ccc(S(=O)(=O)N2CCN(C(=O)[C@H]3[C@@H](C(=O)O)[C@@H]4C=C[C@@H]3C4)CC2)cc1C. The highest BCUT2D eigenvalue weighted by Gasteiger charge is 2.52. The molecule has 2 aliphatic carbocycles. The predicted octanol–water partition coefficient (Wildman–Crippen LogP) is 1.66. The Kier molecular flexibility index (Phi) is 5.02. The molecule has 156 valence electrons. The molecule has 29 heavy (non-hydrogen) atoms. The minimum absolute atomic E-state index is 0.0223. The maximum Gasteiger partial charge on any atom is 0.307 e. The number of rotatable bonds is 4. The normalized spacial score (nSPS) is 29.4. The smallest absolute Gasteiger partial charge is 0.307 e. The van der Waals surface area contributed by atoms with Crippen molar-refractivity contribution in [2.45, 2.75) is 25.2 Å². The van der Waals surface area contributed by atoms with Crippen LogP contribution in [0.25, 0.3) is 0 Å². The maximum absolute atomic E-state index is 13.1. The fraction of sp³-hybridized carbons (Fsp3) is 0.524. The van der Waals surface area contributed by atoms with Crippen LogP contribution in [0, 0.1) is 37.5 Å². The second kappa shape index (κ2) is 7.25. The lowest BCUT2D eigenvalue weighted by atomic mass is 9.82. The van der Waals surface area contributed by atoms with Gasteiger partial charge in [-0.25, -0.2) is 8.42 Å². The average molecular weight is 419 g/mol. The number of carboxylic acid groups (broad SMARTS) is 1. The van der Waals surface area contributed by atoms with Crippen LogP contribution in [0.3, 0.4) is 0 Å². The van der Waals surface area contributed by atoms with Crippen LogP contribution in [0.2, 0.25) is 0 Å². The van der Waals surface area contributed by atoms with Crippen molar-refractivity contribution in [1.29, 1.82) is 0 Å². The first kappa shape index (κ1) is 20.1. The van der Waals surface area contributed by atoms with Crippen LogP contribution < -0.4 is 0 Å². The van der Waals surface area contributed by atoms with Crippen molar-refractivity contribution >= 4 is 21.9 Å². The summed E-state index contributed by atoms with van der Waals surface area (Å²) in [5, 5.41) is 9.58. The van der Waals surface area contributed by atoms with E-state index in [1.807, 2.05) is 26.0 Å². The molecule has 0 spiro atoms. The van der Waals surface area contributed by atoms with Gasteiger partial charge in [-0.3, -0.25) is 9.59 Å². The zero-order chi connectivity index (χ0) is 20.9. The van der Waals surface area contributed by atoms with Crippen molar-refractivity contribution in [1.82, 2.24) is 9.21 Å². The van der Waals surface area contributed by atoms with Crippen LogP contribution in [0.1, 0.15) is 17.5 Å². The van der Waals surface area contributed by atoms with Crippen molar-refractivity contribution in [3.05, 3.63) is 41.5 Å². The molecular formula is C21H26N2O5S. The summed E-state index contributed by atoms with van der Waals surface area (Å²) >= 11 is 0. The maximum atomic E-state index is 13.1. The molecule has 1 heterocycles. The third-order valence-electron chi connectivity index (χ3n) is 6.70. The van der Waals surface area contributed by atoms with E-state index in [0.29, 0.717) is 6.42 Å². The van der Waals surface area contributed by atoms with Crippen LogP contribution >= 0.6 is 0 Å². The van der Waals surface area contributed by atoms with Gasteiger partial charge in [0.1, 0.15) is 0 Å². The number of hydrogen-bond acceptors (Lipinski definition) is 4. The topological polar surface area (TPSA) is 95.0 Å². The molecule has 7 nitrogen and oxygen atoms in total. The summed E-state index contributed by atoms with van der Waals surface area (Å²) in [6, 6.07) is 5.10. The summed E-state index contributed by atoms with van der Waals surface area (Å²) in [4.78, 5) is 26.7. The van der Waals surface area contributed by atoms with Gasteiger partial charge in [-0.1, -0.05) is 18.2 Å². The molecule has 0 unspecified atom stereocenters. The molecule has 2 bridgehead atoms. The van der Waals surface area contributed by atoms with Gasteiger partial charge in [-0.15, -0.1) is 0 Å². The molecule has 1 saturated carbocycles. The quantitative estimate of drug-likeness (QED) is 0.751. The number of aryl methyl sites for hydroxylation is 2. The summed E-state index contributed by atoms with van der Waals surface area (Å²) < 4.78 is 27.3. The molecule has 1 aromatic rings. The molecule has 2 fully saturated rings. The van der Waals surface area contributed by atoms with E-state index in [0.717, 1.165) is 11.1 Å². The Morgan fingerprint density at radius 2 is 1.59 bits per heavy atom. The number of amides is 1. The zero-order valence-corrected chi connectivity index (χ0v) is 17.4. The molecule has 0 radical (unpaired) electrons. The zero-order valence-electron chi connectivity index (χ0n) is 16.6. The molecule has 0 aromatic heterocycles. The number of carboxylic acids is 1. The molecule has 1 saturated heterocycles. The third kappa shape index (κ3) is 3.38. The number of fused-ring (bicyclic) bond motifs is 2.